The molecule has 100 valence electrons. The van der Waals surface area contributed by atoms with E-state index < -0.39 is 0 Å². The molecule has 0 saturated heterocycles. The minimum absolute atomic E-state index is 0.141. The third kappa shape index (κ3) is 5.68. The van der Waals surface area contributed by atoms with Crippen molar-refractivity contribution in [3.63, 3.8) is 0 Å². The van der Waals surface area contributed by atoms with Crippen molar-refractivity contribution in [2.45, 2.75) is 13.3 Å². The lowest BCUT2D eigenvalue weighted by Crippen LogP contribution is -2.28. The zero-order chi connectivity index (χ0) is 13.4. The van der Waals surface area contributed by atoms with E-state index >= 15 is 0 Å². The molecule has 4 nitrogen and oxygen atoms in total. The first-order valence-electron chi connectivity index (χ1n) is 6.20. The maximum Gasteiger partial charge on any atom is 0.223 e. The van der Waals surface area contributed by atoms with Gasteiger partial charge in [0.15, 0.2) is 0 Å². The third-order valence-corrected chi connectivity index (χ3v) is 2.55. The highest BCUT2D eigenvalue weighted by molar-refractivity contribution is 5.75. The van der Waals surface area contributed by atoms with Crippen LogP contribution < -0.4 is 10.1 Å². The summed E-state index contributed by atoms with van der Waals surface area (Å²) in [6.45, 7) is 4.08. The van der Waals surface area contributed by atoms with Gasteiger partial charge in [-0.1, -0.05) is 12.1 Å². The van der Waals surface area contributed by atoms with E-state index in [0.717, 1.165) is 12.3 Å². The van der Waals surface area contributed by atoms with Crippen molar-refractivity contribution in [3.8, 4) is 5.75 Å². The second-order valence-corrected chi connectivity index (χ2v) is 4.45. The molecule has 0 atom stereocenters. The number of hydrogen-bond donors (Lipinski definition) is 1. The van der Waals surface area contributed by atoms with E-state index in [-0.39, 0.29) is 5.91 Å². The van der Waals surface area contributed by atoms with Gasteiger partial charge in [0, 0.05) is 33.6 Å². The van der Waals surface area contributed by atoms with Gasteiger partial charge < -0.3 is 15.0 Å². The van der Waals surface area contributed by atoms with Crippen molar-refractivity contribution >= 4 is 5.91 Å². The van der Waals surface area contributed by atoms with Crippen molar-refractivity contribution in [2.75, 3.05) is 33.8 Å². The number of amides is 1. The molecule has 0 heterocycles. The zero-order valence-corrected chi connectivity index (χ0v) is 11.4. The Bertz CT molecular complexity index is 378. The molecule has 1 rings (SSSR count). The summed E-state index contributed by atoms with van der Waals surface area (Å²) in [5, 5.41) is 3.18. The lowest BCUT2D eigenvalue weighted by molar-refractivity contribution is -0.128. The normalized spacial score (nSPS) is 10.2. The fraction of sp³-hybridized carbons (Fsp3) is 0.500. The molecule has 0 fully saturated rings. The minimum Gasteiger partial charge on any atom is -0.492 e. The summed E-state index contributed by atoms with van der Waals surface area (Å²) in [5.41, 5.74) is 1.19. The molecule has 0 aliphatic carbocycles. The van der Waals surface area contributed by atoms with Crippen LogP contribution in [0, 0.1) is 6.92 Å². The van der Waals surface area contributed by atoms with Gasteiger partial charge in [-0.3, -0.25) is 4.79 Å². The van der Waals surface area contributed by atoms with Gasteiger partial charge in [-0.2, -0.15) is 0 Å². The average Bonchev–Trinajstić information content (AvgIpc) is 2.33. The van der Waals surface area contributed by atoms with Gasteiger partial charge in [0.05, 0.1) is 0 Å². The van der Waals surface area contributed by atoms with Crippen molar-refractivity contribution in [2.24, 2.45) is 0 Å². The van der Waals surface area contributed by atoms with Crippen molar-refractivity contribution in [1.29, 1.82) is 0 Å². The van der Waals surface area contributed by atoms with Gasteiger partial charge in [-0.05, 0) is 24.6 Å². The molecule has 0 unspecified atom stereocenters. The summed E-state index contributed by atoms with van der Waals surface area (Å²) in [6, 6.07) is 7.98. The summed E-state index contributed by atoms with van der Waals surface area (Å²) in [7, 11) is 3.53. The number of carbonyl (C=O) groups is 1. The summed E-state index contributed by atoms with van der Waals surface area (Å²) in [4.78, 5) is 12.9. The largest absolute Gasteiger partial charge is 0.492 e. The molecule has 0 radical (unpaired) electrons. The highest BCUT2D eigenvalue weighted by Crippen LogP contribution is 2.11. The molecule has 1 N–H and O–H groups in total. The summed E-state index contributed by atoms with van der Waals surface area (Å²) < 4.78 is 5.58. The Hall–Kier alpha value is -1.55. The van der Waals surface area contributed by atoms with Crippen LogP contribution in [0.1, 0.15) is 12.0 Å². The van der Waals surface area contributed by atoms with Crippen molar-refractivity contribution < 1.29 is 9.53 Å². The number of carbonyl (C=O) groups excluding carboxylic acids is 1. The Morgan fingerprint density at radius 1 is 1.33 bits per heavy atom. The van der Waals surface area contributed by atoms with Gasteiger partial charge in [0.2, 0.25) is 5.91 Å². The summed E-state index contributed by atoms with van der Waals surface area (Å²) in [6.07, 6.45) is 0.525. The van der Waals surface area contributed by atoms with E-state index in [2.05, 4.69) is 5.32 Å². The first kappa shape index (κ1) is 14.5. The van der Waals surface area contributed by atoms with E-state index in [1.807, 2.05) is 31.2 Å². The van der Waals surface area contributed by atoms with Gasteiger partial charge >= 0.3 is 0 Å². The van der Waals surface area contributed by atoms with Gasteiger partial charge in [0.25, 0.3) is 0 Å². The zero-order valence-electron chi connectivity index (χ0n) is 11.4. The molecule has 18 heavy (non-hydrogen) atoms. The summed E-state index contributed by atoms with van der Waals surface area (Å²) in [5.74, 6) is 1.03. The van der Waals surface area contributed by atoms with E-state index in [4.69, 9.17) is 4.74 Å². The molecule has 4 heteroatoms. The van der Waals surface area contributed by atoms with Gasteiger partial charge in [0.1, 0.15) is 12.4 Å². The van der Waals surface area contributed by atoms with E-state index in [0.29, 0.717) is 19.6 Å². The van der Waals surface area contributed by atoms with E-state index in [9.17, 15) is 4.79 Å². The molecule has 1 amide bonds. The van der Waals surface area contributed by atoms with Crippen LogP contribution in [-0.4, -0.2) is 44.6 Å². The summed E-state index contributed by atoms with van der Waals surface area (Å²) >= 11 is 0. The first-order valence-corrected chi connectivity index (χ1v) is 6.20. The molecule has 0 aromatic heterocycles. The Labute approximate surface area is 109 Å². The molecule has 1 aromatic carbocycles. The highest BCUT2D eigenvalue weighted by Gasteiger charge is 2.02. The lowest BCUT2D eigenvalue weighted by atomic mass is 10.2. The molecule has 0 aliphatic rings. The highest BCUT2D eigenvalue weighted by atomic mass is 16.5. The minimum atomic E-state index is 0.141. The molecule has 0 saturated carbocycles. The maximum atomic E-state index is 11.3. The second kappa shape index (κ2) is 7.71. The van der Waals surface area contributed by atoms with E-state index in [1.54, 1.807) is 19.0 Å². The van der Waals surface area contributed by atoms with Crippen LogP contribution in [0.25, 0.3) is 0 Å². The number of aryl methyl sites for hydroxylation is 1. The first-order chi connectivity index (χ1) is 8.59. The van der Waals surface area contributed by atoms with Gasteiger partial charge in [-0.25, -0.2) is 0 Å². The molecule has 0 bridgehead atoms. The Morgan fingerprint density at radius 2 is 2.11 bits per heavy atom. The second-order valence-electron chi connectivity index (χ2n) is 4.45. The molecular formula is C14H22N2O2. The molecule has 1 aromatic rings. The molecular weight excluding hydrogens is 228 g/mol. The van der Waals surface area contributed by atoms with Crippen LogP contribution in [0.3, 0.4) is 0 Å². The van der Waals surface area contributed by atoms with Crippen LogP contribution in [0.5, 0.6) is 5.75 Å². The third-order valence-electron chi connectivity index (χ3n) is 2.55. The quantitative estimate of drug-likeness (QED) is 0.745. The van der Waals surface area contributed by atoms with E-state index in [1.165, 1.54) is 5.56 Å². The van der Waals surface area contributed by atoms with Crippen molar-refractivity contribution in [1.82, 2.24) is 10.2 Å². The predicted molar refractivity (Wildman–Crippen MR) is 72.9 cm³/mol. The molecule has 0 spiro atoms. The van der Waals surface area contributed by atoms with Crippen LogP contribution in [-0.2, 0) is 4.79 Å². The number of nitrogens with one attached hydrogen (secondary N) is 1. The lowest BCUT2D eigenvalue weighted by Gasteiger charge is -2.11. The number of rotatable bonds is 7. The number of ether oxygens (including phenoxy) is 1. The molecule has 0 aliphatic heterocycles. The SMILES string of the molecule is Cc1cccc(OCCNCCC(=O)N(C)C)c1. The monoisotopic (exact) mass is 250 g/mol. The van der Waals surface area contributed by atoms with Gasteiger partial charge in [-0.15, -0.1) is 0 Å². The number of hydrogen-bond acceptors (Lipinski definition) is 3. The average molecular weight is 250 g/mol. The number of nitrogens with zero attached hydrogens (tertiary/aromatic N) is 1. The fourth-order valence-corrected chi connectivity index (χ4v) is 1.49. The van der Waals surface area contributed by atoms with Crippen LogP contribution in [0.2, 0.25) is 0 Å². The topological polar surface area (TPSA) is 41.6 Å². The Kier molecular flexibility index (Phi) is 6.22. The standard InChI is InChI=1S/C14H22N2O2/c1-12-5-4-6-13(11-12)18-10-9-15-8-7-14(17)16(2)3/h4-6,11,15H,7-10H2,1-3H3. The maximum absolute atomic E-state index is 11.3. The number of benzene rings is 1. The van der Waals surface area contributed by atoms with Crippen LogP contribution in [0.4, 0.5) is 0 Å². The fourth-order valence-electron chi connectivity index (χ4n) is 1.49. The van der Waals surface area contributed by atoms with Crippen molar-refractivity contribution in [3.05, 3.63) is 29.8 Å². The van der Waals surface area contributed by atoms with Crippen LogP contribution in [0.15, 0.2) is 24.3 Å². The predicted octanol–water partition coefficient (Wildman–Crippen LogP) is 1.44. The smallest absolute Gasteiger partial charge is 0.223 e. The van der Waals surface area contributed by atoms with Crippen LogP contribution >= 0.6 is 0 Å². The Morgan fingerprint density at radius 3 is 2.78 bits per heavy atom. The Balaban J connectivity index is 2.07.